The third-order valence-corrected chi connectivity index (χ3v) is 5.24. The van der Waals surface area contributed by atoms with E-state index in [-0.39, 0.29) is 24.0 Å². The van der Waals surface area contributed by atoms with E-state index in [4.69, 9.17) is 9.47 Å². The molecule has 6 heteroatoms. The molecule has 0 saturated heterocycles. The molecule has 0 spiro atoms. The van der Waals surface area contributed by atoms with Crippen molar-refractivity contribution in [2.45, 2.75) is 39.2 Å². The minimum atomic E-state index is 0. The van der Waals surface area contributed by atoms with Crippen LogP contribution in [0.2, 0.25) is 0 Å². The molecule has 1 aromatic carbocycles. The van der Waals surface area contributed by atoms with E-state index in [1.54, 1.807) is 7.11 Å². The molecule has 0 heterocycles. The van der Waals surface area contributed by atoms with E-state index in [1.807, 2.05) is 25.2 Å². The lowest BCUT2D eigenvalue weighted by Crippen LogP contribution is -2.47. The van der Waals surface area contributed by atoms with Crippen LogP contribution in [0.25, 0.3) is 0 Å². The van der Waals surface area contributed by atoms with Crippen molar-refractivity contribution >= 4 is 29.9 Å². The van der Waals surface area contributed by atoms with Crippen molar-refractivity contribution in [2.24, 2.45) is 16.3 Å². The molecule has 0 radical (unpaired) electrons. The topological polar surface area (TPSA) is 54.9 Å². The molecule has 1 atom stereocenters. The Kier molecular flexibility index (Phi) is 11.9. The fourth-order valence-electron chi connectivity index (χ4n) is 3.28. The van der Waals surface area contributed by atoms with Crippen LogP contribution in [-0.4, -0.2) is 46.4 Å². The first kappa shape index (κ1) is 24.2. The van der Waals surface area contributed by atoms with Crippen LogP contribution in [-0.2, 0) is 16.1 Å². The van der Waals surface area contributed by atoms with Gasteiger partial charge in [0.2, 0.25) is 0 Å². The summed E-state index contributed by atoms with van der Waals surface area (Å²) in [4.78, 5) is 4.35. The van der Waals surface area contributed by atoms with Crippen LogP contribution in [0.15, 0.2) is 35.3 Å². The van der Waals surface area contributed by atoms with Gasteiger partial charge in [-0.15, -0.1) is 24.0 Å². The Morgan fingerprint density at radius 2 is 1.96 bits per heavy atom. The average Bonchev–Trinajstić information content (AvgIpc) is 2.63. The minimum absolute atomic E-state index is 0. The van der Waals surface area contributed by atoms with Gasteiger partial charge in [-0.1, -0.05) is 43.7 Å². The second-order valence-corrected chi connectivity index (χ2v) is 7.51. The van der Waals surface area contributed by atoms with Gasteiger partial charge in [0.1, 0.15) is 0 Å². The molecule has 0 amide bonds. The SMILES string of the molecule is CN=C(NCC(C)COCc1ccccc1)NCC1(CCOC)CCC1.I. The zero-order valence-corrected chi connectivity index (χ0v) is 19.3. The first-order valence-electron chi connectivity index (χ1n) is 9.72. The summed E-state index contributed by atoms with van der Waals surface area (Å²) in [5, 5.41) is 6.92. The van der Waals surface area contributed by atoms with Gasteiger partial charge in [-0.25, -0.2) is 0 Å². The van der Waals surface area contributed by atoms with Gasteiger partial charge in [-0.2, -0.15) is 0 Å². The van der Waals surface area contributed by atoms with Crippen molar-refractivity contribution in [2.75, 3.05) is 40.5 Å². The highest BCUT2D eigenvalue weighted by Gasteiger charge is 2.36. The Morgan fingerprint density at radius 1 is 1.22 bits per heavy atom. The van der Waals surface area contributed by atoms with Crippen molar-refractivity contribution in [1.82, 2.24) is 10.6 Å². The maximum atomic E-state index is 5.82. The number of nitrogens with one attached hydrogen (secondary N) is 2. The quantitative estimate of drug-likeness (QED) is 0.282. The number of hydrogen-bond donors (Lipinski definition) is 2. The molecule has 1 aliphatic rings. The number of halogens is 1. The second kappa shape index (κ2) is 13.3. The summed E-state index contributed by atoms with van der Waals surface area (Å²) in [6.45, 7) is 6.24. The fraction of sp³-hybridized carbons (Fsp3) is 0.667. The van der Waals surface area contributed by atoms with Crippen LogP contribution < -0.4 is 10.6 Å². The van der Waals surface area contributed by atoms with Gasteiger partial charge >= 0.3 is 0 Å². The smallest absolute Gasteiger partial charge is 0.191 e. The Bertz CT molecular complexity index is 535. The molecule has 2 N–H and O–H groups in total. The van der Waals surface area contributed by atoms with Gasteiger partial charge in [0, 0.05) is 33.9 Å². The first-order valence-corrected chi connectivity index (χ1v) is 9.72. The van der Waals surface area contributed by atoms with E-state index >= 15 is 0 Å². The highest BCUT2D eigenvalue weighted by atomic mass is 127. The largest absolute Gasteiger partial charge is 0.385 e. The molecule has 1 unspecified atom stereocenters. The van der Waals surface area contributed by atoms with Gasteiger partial charge in [0.25, 0.3) is 0 Å². The third-order valence-electron chi connectivity index (χ3n) is 5.24. The van der Waals surface area contributed by atoms with E-state index in [0.717, 1.165) is 38.7 Å². The molecule has 0 bridgehead atoms. The lowest BCUT2D eigenvalue weighted by molar-refractivity contribution is 0.0731. The minimum Gasteiger partial charge on any atom is -0.385 e. The van der Waals surface area contributed by atoms with Crippen molar-refractivity contribution in [3.63, 3.8) is 0 Å². The highest BCUT2D eigenvalue weighted by molar-refractivity contribution is 14.0. The standard InChI is InChI=1S/C21H35N3O2.HI/c1-18(15-26-16-19-8-5-4-6-9-19)14-23-20(22-2)24-17-21(10-7-11-21)12-13-25-3;/h4-6,8-9,18H,7,10-17H2,1-3H3,(H2,22,23,24);1H. The second-order valence-electron chi connectivity index (χ2n) is 7.51. The Balaban J connectivity index is 0.00000364. The number of rotatable bonds is 11. The number of ether oxygens (including phenoxy) is 2. The van der Waals surface area contributed by atoms with Crippen LogP contribution >= 0.6 is 24.0 Å². The van der Waals surface area contributed by atoms with Gasteiger partial charge < -0.3 is 20.1 Å². The zero-order chi connectivity index (χ0) is 18.7. The Labute approximate surface area is 181 Å². The Hall–Kier alpha value is -0.860. The van der Waals surface area contributed by atoms with E-state index in [9.17, 15) is 0 Å². The molecule has 2 rings (SSSR count). The zero-order valence-electron chi connectivity index (χ0n) is 17.0. The number of aliphatic imine (C=N–C) groups is 1. The molecule has 1 saturated carbocycles. The summed E-state index contributed by atoms with van der Waals surface area (Å²) in [5.41, 5.74) is 1.60. The number of guanidine groups is 1. The summed E-state index contributed by atoms with van der Waals surface area (Å²) < 4.78 is 11.1. The number of hydrogen-bond acceptors (Lipinski definition) is 3. The number of methoxy groups -OCH3 is 1. The number of nitrogens with zero attached hydrogens (tertiary/aromatic N) is 1. The van der Waals surface area contributed by atoms with Crippen LogP contribution in [0.5, 0.6) is 0 Å². The highest BCUT2D eigenvalue weighted by Crippen LogP contribution is 2.43. The molecule has 0 aromatic heterocycles. The molecule has 27 heavy (non-hydrogen) atoms. The Morgan fingerprint density at radius 3 is 2.56 bits per heavy atom. The van der Waals surface area contributed by atoms with Crippen LogP contribution in [0, 0.1) is 11.3 Å². The lowest BCUT2D eigenvalue weighted by atomic mass is 9.67. The normalized spacial score (nSPS) is 16.8. The molecule has 1 fully saturated rings. The maximum absolute atomic E-state index is 5.82. The van der Waals surface area contributed by atoms with Crippen molar-refractivity contribution in [1.29, 1.82) is 0 Å². The van der Waals surface area contributed by atoms with Crippen LogP contribution in [0.4, 0.5) is 0 Å². The molecular formula is C21H36IN3O2. The predicted octanol–water partition coefficient (Wildman–Crippen LogP) is 3.83. The van der Waals surface area contributed by atoms with Crippen molar-refractivity contribution in [3.05, 3.63) is 35.9 Å². The molecule has 0 aliphatic heterocycles. The molecule has 154 valence electrons. The molecule has 1 aromatic rings. The van der Waals surface area contributed by atoms with Gasteiger partial charge in [0.15, 0.2) is 5.96 Å². The maximum Gasteiger partial charge on any atom is 0.191 e. The first-order chi connectivity index (χ1) is 12.7. The summed E-state index contributed by atoms with van der Waals surface area (Å²) >= 11 is 0. The fourth-order valence-corrected chi connectivity index (χ4v) is 3.28. The van der Waals surface area contributed by atoms with Gasteiger partial charge in [0.05, 0.1) is 13.2 Å². The lowest BCUT2D eigenvalue weighted by Gasteiger charge is -2.42. The van der Waals surface area contributed by atoms with E-state index < -0.39 is 0 Å². The molecule has 1 aliphatic carbocycles. The average molecular weight is 489 g/mol. The number of benzene rings is 1. The van der Waals surface area contributed by atoms with Gasteiger partial charge in [-0.3, -0.25) is 4.99 Å². The van der Waals surface area contributed by atoms with E-state index in [1.165, 1.54) is 24.8 Å². The molecular weight excluding hydrogens is 453 g/mol. The van der Waals surface area contributed by atoms with Crippen LogP contribution in [0.1, 0.15) is 38.2 Å². The van der Waals surface area contributed by atoms with Crippen molar-refractivity contribution in [3.8, 4) is 0 Å². The predicted molar refractivity (Wildman–Crippen MR) is 123 cm³/mol. The third kappa shape index (κ3) is 8.79. The van der Waals surface area contributed by atoms with E-state index in [0.29, 0.717) is 17.9 Å². The summed E-state index contributed by atoms with van der Waals surface area (Å²) in [6, 6.07) is 10.3. The van der Waals surface area contributed by atoms with Gasteiger partial charge in [-0.05, 0) is 36.2 Å². The van der Waals surface area contributed by atoms with Crippen molar-refractivity contribution < 1.29 is 9.47 Å². The molecule has 5 nitrogen and oxygen atoms in total. The summed E-state index contributed by atoms with van der Waals surface area (Å²) in [6.07, 6.45) is 5.01. The van der Waals surface area contributed by atoms with Crippen LogP contribution in [0.3, 0.4) is 0 Å². The summed E-state index contributed by atoms with van der Waals surface area (Å²) in [7, 11) is 3.61. The van der Waals surface area contributed by atoms with E-state index in [2.05, 4.69) is 34.7 Å². The monoisotopic (exact) mass is 489 g/mol. The summed E-state index contributed by atoms with van der Waals surface area (Å²) in [5.74, 6) is 1.30.